The summed E-state index contributed by atoms with van der Waals surface area (Å²) < 4.78 is 5.77. The summed E-state index contributed by atoms with van der Waals surface area (Å²) in [4.78, 5) is 64.3. The summed E-state index contributed by atoms with van der Waals surface area (Å²) in [6, 6.07) is 11.2. The van der Waals surface area contributed by atoms with E-state index in [0.29, 0.717) is 0 Å². The first-order valence-electron chi connectivity index (χ1n) is 12.7. The Balaban J connectivity index is 1.96. The number of nitrogens with one attached hydrogen (secondary N) is 4. The molecular formula is C28H34N4O7. The van der Waals surface area contributed by atoms with Gasteiger partial charge < -0.3 is 31.1 Å². The lowest BCUT2D eigenvalue weighted by molar-refractivity contribution is -0.141. The Morgan fingerprint density at radius 3 is 2.26 bits per heavy atom. The van der Waals surface area contributed by atoms with Crippen molar-refractivity contribution in [1.82, 2.24) is 21.3 Å². The second-order valence-electron chi connectivity index (χ2n) is 9.83. The van der Waals surface area contributed by atoms with E-state index in [4.69, 9.17) is 4.74 Å². The number of carboxylic acids is 1. The minimum atomic E-state index is -1.56. The predicted octanol–water partition coefficient (Wildman–Crippen LogP) is 1.03. The fourth-order valence-electron chi connectivity index (χ4n) is 4.09. The molecule has 4 amide bonds. The Bertz CT molecular complexity index is 1200. The smallest absolute Gasteiger partial charge is 0.326 e. The molecule has 208 valence electrons. The molecule has 0 fully saturated rings. The molecule has 11 heteroatoms. The molecule has 0 bridgehead atoms. The number of fused-ring (bicyclic) bond motifs is 1. The first-order valence-corrected chi connectivity index (χ1v) is 12.7. The molecular weight excluding hydrogens is 504 g/mol. The van der Waals surface area contributed by atoms with Crippen LogP contribution in [0.1, 0.15) is 43.1 Å². The van der Waals surface area contributed by atoms with Crippen LogP contribution in [0.25, 0.3) is 0 Å². The van der Waals surface area contributed by atoms with Crippen LogP contribution in [-0.4, -0.2) is 65.5 Å². The maximum absolute atomic E-state index is 13.4. The Morgan fingerprint density at radius 2 is 1.59 bits per heavy atom. The zero-order valence-corrected chi connectivity index (χ0v) is 22.1. The second-order valence-corrected chi connectivity index (χ2v) is 9.83. The Labute approximate surface area is 226 Å². The van der Waals surface area contributed by atoms with Crippen LogP contribution in [0.15, 0.2) is 54.6 Å². The molecule has 1 aliphatic heterocycles. The summed E-state index contributed by atoms with van der Waals surface area (Å²) in [5.41, 5.74) is 0.825. The molecule has 0 spiro atoms. The predicted molar refractivity (Wildman–Crippen MR) is 142 cm³/mol. The van der Waals surface area contributed by atoms with Gasteiger partial charge in [0.05, 0.1) is 18.0 Å². The molecule has 2 aromatic carbocycles. The third kappa shape index (κ3) is 8.29. The van der Waals surface area contributed by atoms with Gasteiger partial charge in [-0.1, -0.05) is 56.3 Å². The van der Waals surface area contributed by atoms with E-state index in [1.54, 1.807) is 63.2 Å². The summed E-state index contributed by atoms with van der Waals surface area (Å²) in [6.45, 7) is 5.29. The molecule has 1 aliphatic rings. The number of hydrogen-bond donors (Lipinski definition) is 5. The lowest BCUT2D eigenvalue weighted by atomic mass is 10.0. The number of carbonyl (C=O) groups excluding carboxylic acids is 4. The maximum atomic E-state index is 13.4. The lowest BCUT2D eigenvalue weighted by Crippen LogP contribution is -2.57. The van der Waals surface area contributed by atoms with E-state index in [9.17, 15) is 29.1 Å². The Kier molecular flexibility index (Phi) is 10.0. The molecule has 3 rings (SSSR count). The zero-order valence-electron chi connectivity index (χ0n) is 22.1. The number of hydrogen-bond acceptors (Lipinski definition) is 6. The second kappa shape index (κ2) is 13.4. The summed E-state index contributed by atoms with van der Waals surface area (Å²) in [5.74, 6) is -4.04. The average Bonchev–Trinajstić information content (AvgIpc) is 2.89. The van der Waals surface area contributed by atoms with E-state index in [-0.39, 0.29) is 30.3 Å². The standard InChI is InChI=1S/C28H34N4O7/c1-16(2)24-27(36)29-17(3)15-39-22-12-8-7-11-19(22)25(34)31-21(28(37)38)14-23(33)30-20(26(35)32-24)13-18-9-5-4-6-10-18/h4-12,16-17,20-21,24H,13-15H2,1-3H3,(H,29,36)(H,30,33)(H,31,34)(H,32,35)(H,37,38)/t17-,20-,21-,24+/m0/s1. The molecule has 5 N–H and O–H groups in total. The van der Waals surface area contributed by atoms with Crippen molar-refractivity contribution in [3.8, 4) is 5.75 Å². The van der Waals surface area contributed by atoms with E-state index >= 15 is 0 Å². The van der Waals surface area contributed by atoms with Crippen molar-refractivity contribution in [1.29, 1.82) is 0 Å². The van der Waals surface area contributed by atoms with Gasteiger partial charge in [-0.25, -0.2) is 4.79 Å². The van der Waals surface area contributed by atoms with Gasteiger partial charge >= 0.3 is 5.97 Å². The normalized spacial score (nSPS) is 23.3. The first-order chi connectivity index (χ1) is 18.5. The van der Waals surface area contributed by atoms with Crippen molar-refractivity contribution in [3.05, 3.63) is 65.7 Å². The summed E-state index contributed by atoms with van der Waals surface area (Å²) in [7, 11) is 0. The Morgan fingerprint density at radius 1 is 0.923 bits per heavy atom. The summed E-state index contributed by atoms with van der Waals surface area (Å²) in [6.07, 6.45) is -0.514. The summed E-state index contributed by atoms with van der Waals surface area (Å²) in [5, 5.41) is 20.2. The molecule has 1 heterocycles. The van der Waals surface area contributed by atoms with Crippen molar-refractivity contribution in [2.45, 2.75) is 57.8 Å². The van der Waals surface area contributed by atoms with Crippen molar-refractivity contribution < 1.29 is 33.8 Å². The largest absolute Gasteiger partial charge is 0.491 e. The van der Waals surface area contributed by atoms with Gasteiger partial charge in [0.1, 0.15) is 30.5 Å². The number of amides is 4. The number of benzene rings is 2. The molecule has 2 aromatic rings. The first kappa shape index (κ1) is 29.2. The van der Waals surface area contributed by atoms with E-state index < -0.39 is 60.2 Å². The van der Waals surface area contributed by atoms with Gasteiger partial charge in [-0.15, -0.1) is 0 Å². The van der Waals surface area contributed by atoms with Crippen LogP contribution in [0.5, 0.6) is 5.75 Å². The number of carboxylic acid groups (broad SMARTS) is 1. The van der Waals surface area contributed by atoms with Gasteiger partial charge in [0.25, 0.3) is 5.91 Å². The van der Waals surface area contributed by atoms with E-state index in [1.165, 1.54) is 6.07 Å². The van der Waals surface area contributed by atoms with Gasteiger partial charge in [-0.3, -0.25) is 19.2 Å². The van der Waals surface area contributed by atoms with Crippen molar-refractivity contribution >= 4 is 29.6 Å². The van der Waals surface area contributed by atoms with Crippen LogP contribution in [0.2, 0.25) is 0 Å². The monoisotopic (exact) mass is 538 g/mol. The molecule has 4 atom stereocenters. The number of rotatable bonds is 4. The zero-order chi connectivity index (χ0) is 28.5. The fraction of sp³-hybridized carbons (Fsp3) is 0.393. The van der Waals surface area contributed by atoms with Crippen molar-refractivity contribution in [2.75, 3.05) is 6.61 Å². The molecule has 39 heavy (non-hydrogen) atoms. The van der Waals surface area contributed by atoms with E-state index in [1.807, 2.05) is 6.07 Å². The highest BCUT2D eigenvalue weighted by Crippen LogP contribution is 2.19. The molecule has 0 unspecified atom stereocenters. The average molecular weight is 539 g/mol. The Hall–Kier alpha value is -4.41. The maximum Gasteiger partial charge on any atom is 0.326 e. The van der Waals surface area contributed by atoms with Gasteiger partial charge in [0.15, 0.2) is 0 Å². The highest BCUT2D eigenvalue weighted by Gasteiger charge is 2.32. The fourth-order valence-corrected chi connectivity index (χ4v) is 4.09. The van der Waals surface area contributed by atoms with Gasteiger partial charge in [0, 0.05) is 6.42 Å². The van der Waals surface area contributed by atoms with Crippen molar-refractivity contribution in [2.24, 2.45) is 5.92 Å². The SMILES string of the molecule is CC(C)[C@H]1NC(=O)[C@H](Cc2ccccc2)NC(=O)C[C@@H](C(=O)O)NC(=O)c2ccccc2OC[C@H](C)NC1=O. The van der Waals surface area contributed by atoms with Crippen LogP contribution < -0.4 is 26.0 Å². The topological polar surface area (TPSA) is 163 Å². The van der Waals surface area contributed by atoms with Crippen LogP contribution in [0.4, 0.5) is 0 Å². The van der Waals surface area contributed by atoms with Gasteiger partial charge in [-0.05, 0) is 30.5 Å². The molecule has 0 radical (unpaired) electrons. The van der Waals surface area contributed by atoms with Crippen LogP contribution in [0.3, 0.4) is 0 Å². The van der Waals surface area contributed by atoms with Crippen LogP contribution in [-0.2, 0) is 25.6 Å². The third-order valence-electron chi connectivity index (χ3n) is 6.18. The van der Waals surface area contributed by atoms with Gasteiger partial charge in [-0.2, -0.15) is 0 Å². The minimum Gasteiger partial charge on any atom is -0.491 e. The molecule has 0 aromatic heterocycles. The van der Waals surface area contributed by atoms with Crippen LogP contribution in [0, 0.1) is 5.92 Å². The quantitative estimate of drug-likeness (QED) is 0.388. The van der Waals surface area contributed by atoms with Crippen molar-refractivity contribution in [3.63, 3.8) is 0 Å². The number of carbonyl (C=O) groups is 5. The van der Waals surface area contributed by atoms with Gasteiger partial charge in [0.2, 0.25) is 17.7 Å². The number of para-hydroxylation sites is 1. The molecule has 0 aliphatic carbocycles. The summed E-state index contributed by atoms with van der Waals surface area (Å²) >= 11 is 0. The highest BCUT2D eigenvalue weighted by molar-refractivity contribution is 6.00. The highest BCUT2D eigenvalue weighted by atomic mass is 16.5. The van der Waals surface area contributed by atoms with E-state index in [0.717, 1.165) is 5.56 Å². The number of ether oxygens (including phenoxy) is 1. The molecule has 11 nitrogen and oxygen atoms in total. The third-order valence-corrected chi connectivity index (χ3v) is 6.18. The lowest BCUT2D eigenvalue weighted by Gasteiger charge is -2.27. The number of aliphatic carboxylic acids is 1. The van der Waals surface area contributed by atoms with E-state index in [2.05, 4.69) is 21.3 Å². The van der Waals surface area contributed by atoms with Crippen LogP contribution >= 0.6 is 0 Å². The molecule has 0 saturated heterocycles. The minimum absolute atomic E-state index is 0.00777. The molecule has 0 saturated carbocycles.